The van der Waals surface area contributed by atoms with Gasteiger partial charge in [0, 0.05) is 11.3 Å². The number of rotatable bonds is 3. The highest BCUT2D eigenvalue weighted by atomic mass is 127. The first-order chi connectivity index (χ1) is 10.7. The fourth-order valence-electron chi connectivity index (χ4n) is 2.48. The van der Waals surface area contributed by atoms with E-state index in [2.05, 4.69) is 5.32 Å². The molecule has 0 saturated heterocycles. The van der Waals surface area contributed by atoms with Crippen LogP contribution in [0.5, 0.6) is 0 Å². The van der Waals surface area contributed by atoms with Gasteiger partial charge in [-0.2, -0.15) is 13.2 Å². The van der Waals surface area contributed by atoms with E-state index in [9.17, 15) is 18.0 Å². The molecule has 0 unspecified atom stereocenters. The maximum Gasteiger partial charge on any atom is 0.417 e. The van der Waals surface area contributed by atoms with Crippen molar-refractivity contribution in [3.8, 4) is 0 Å². The monoisotopic (exact) mass is 456 g/mol. The standard InChI is InChI=1S/C15H13ClF3IN2O/c16-10-6-3-5-9(15(17,18)19)12(10)14(23)22-11-7-2-1-4-8(11)13(20)21/h3,5-6,21H,1-2,4,7H2,(H,22,23). The predicted octanol–water partition coefficient (Wildman–Crippen LogP) is 5.33. The average Bonchev–Trinajstić information content (AvgIpc) is 2.46. The molecule has 3 nitrogen and oxygen atoms in total. The Morgan fingerprint density at radius 2 is 1.91 bits per heavy atom. The summed E-state index contributed by atoms with van der Waals surface area (Å²) in [5.74, 6) is -0.894. The fourth-order valence-corrected chi connectivity index (χ4v) is 3.33. The Morgan fingerprint density at radius 1 is 1.26 bits per heavy atom. The van der Waals surface area contributed by atoms with Crippen LogP contribution in [0.3, 0.4) is 0 Å². The Morgan fingerprint density at radius 3 is 2.52 bits per heavy atom. The van der Waals surface area contributed by atoms with Crippen LogP contribution in [0.4, 0.5) is 13.2 Å². The maximum absolute atomic E-state index is 13.1. The van der Waals surface area contributed by atoms with Gasteiger partial charge in [0.1, 0.15) is 0 Å². The summed E-state index contributed by atoms with van der Waals surface area (Å²) in [4.78, 5) is 12.4. The molecule has 1 aliphatic carbocycles. The molecule has 2 rings (SSSR count). The molecule has 1 aromatic rings. The third kappa shape index (κ3) is 4.26. The minimum absolute atomic E-state index is 0.250. The van der Waals surface area contributed by atoms with Crippen molar-refractivity contribution in [1.29, 1.82) is 5.41 Å². The Hall–Kier alpha value is -1.09. The lowest BCUT2D eigenvalue weighted by Crippen LogP contribution is -2.29. The number of allylic oxidation sites excluding steroid dienone is 2. The van der Waals surface area contributed by atoms with Crippen LogP contribution in [0.25, 0.3) is 0 Å². The zero-order valence-electron chi connectivity index (χ0n) is 11.9. The number of benzene rings is 1. The second-order valence-corrected chi connectivity index (χ2v) is 6.58. The van der Waals surface area contributed by atoms with Gasteiger partial charge in [-0.15, -0.1) is 0 Å². The summed E-state index contributed by atoms with van der Waals surface area (Å²) >= 11 is 7.66. The minimum Gasteiger partial charge on any atom is -0.325 e. The first-order valence-electron chi connectivity index (χ1n) is 6.85. The van der Waals surface area contributed by atoms with Crippen molar-refractivity contribution in [1.82, 2.24) is 5.32 Å². The number of amides is 1. The molecule has 1 amide bonds. The zero-order valence-corrected chi connectivity index (χ0v) is 14.8. The van der Waals surface area contributed by atoms with E-state index < -0.39 is 23.2 Å². The van der Waals surface area contributed by atoms with E-state index in [0.29, 0.717) is 24.1 Å². The summed E-state index contributed by atoms with van der Waals surface area (Å²) < 4.78 is 39.5. The smallest absolute Gasteiger partial charge is 0.325 e. The normalized spacial score (nSPS) is 15.5. The number of halogens is 5. The quantitative estimate of drug-likeness (QED) is 0.469. The zero-order chi connectivity index (χ0) is 17.2. The minimum atomic E-state index is -4.67. The summed E-state index contributed by atoms with van der Waals surface area (Å²) in [7, 11) is 0. The molecule has 23 heavy (non-hydrogen) atoms. The third-order valence-electron chi connectivity index (χ3n) is 3.54. The molecular weight excluding hydrogens is 444 g/mol. The number of hydrogen-bond donors (Lipinski definition) is 2. The van der Waals surface area contributed by atoms with E-state index in [0.717, 1.165) is 25.0 Å². The third-order valence-corrected chi connectivity index (χ3v) is 4.51. The van der Waals surface area contributed by atoms with Gasteiger partial charge in [0.05, 0.1) is 19.9 Å². The molecule has 124 valence electrons. The molecule has 0 aliphatic heterocycles. The molecule has 0 fully saturated rings. The highest BCUT2D eigenvalue weighted by Crippen LogP contribution is 2.35. The molecule has 2 N–H and O–H groups in total. The largest absolute Gasteiger partial charge is 0.417 e. The van der Waals surface area contributed by atoms with E-state index in [4.69, 9.17) is 17.0 Å². The first kappa shape index (κ1) is 18.3. The van der Waals surface area contributed by atoms with Crippen LogP contribution in [0.2, 0.25) is 5.02 Å². The van der Waals surface area contributed by atoms with Crippen molar-refractivity contribution in [3.05, 3.63) is 45.6 Å². The Kier molecular flexibility index (Phi) is 5.72. The molecule has 1 aromatic carbocycles. The van der Waals surface area contributed by atoms with E-state index in [1.807, 2.05) is 22.6 Å². The second kappa shape index (κ2) is 7.21. The van der Waals surface area contributed by atoms with E-state index in [1.54, 1.807) is 0 Å². The number of carbonyl (C=O) groups excluding carboxylic acids is 1. The van der Waals surface area contributed by atoms with E-state index in [1.165, 1.54) is 6.07 Å². The van der Waals surface area contributed by atoms with Crippen LogP contribution in [0, 0.1) is 5.41 Å². The molecule has 0 heterocycles. The summed E-state index contributed by atoms with van der Waals surface area (Å²) in [5.41, 5.74) is -0.469. The number of hydrogen-bond acceptors (Lipinski definition) is 2. The van der Waals surface area contributed by atoms with Gasteiger partial charge in [-0.25, -0.2) is 0 Å². The average molecular weight is 457 g/mol. The molecule has 0 saturated carbocycles. The molecule has 0 spiro atoms. The Labute approximate surface area is 149 Å². The van der Waals surface area contributed by atoms with Gasteiger partial charge in [0.2, 0.25) is 0 Å². The van der Waals surface area contributed by atoms with Crippen LogP contribution in [0.1, 0.15) is 41.6 Å². The van der Waals surface area contributed by atoms with Crippen molar-refractivity contribution in [2.75, 3.05) is 0 Å². The predicted molar refractivity (Wildman–Crippen MR) is 91.2 cm³/mol. The maximum atomic E-state index is 13.1. The van der Waals surface area contributed by atoms with Crippen LogP contribution < -0.4 is 5.32 Å². The summed E-state index contributed by atoms with van der Waals surface area (Å²) in [6, 6.07) is 3.24. The van der Waals surface area contributed by atoms with E-state index >= 15 is 0 Å². The van der Waals surface area contributed by atoms with Crippen molar-refractivity contribution in [3.63, 3.8) is 0 Å². The second-order valence-electron chi connectivity index (χ2n) is 5.09. The molecule has 1 aliphatic rings. The molecule has 8 heteroatoms. The summed E-state index contributed by atoms with van der Waals surface area (Å²) in [5, 5.41) is 10.0. The van der Waals surface area contributed by atoms with E-state index in [-0.39, 0.29) is 8.74 Å². The van der Waals surface area contributed by atoms with Crippen LogP contribution in [-0.2, 0) is 6.18 Å². The lowest BCUT2D eigenvalue weighted by molar-refractivity contribution is -0.137. The molecule has 0 radical (unpaired) electrons. The van der Waals surface area contributed by atoms with Crippen molar-refractivity contribution in [2.24, 2.45) is 0 Å². The van der Waals surface area contributed by atoms with Crippen molar-refractivity contribution >= 4 is 43.8 Å². The van der Waals surface area contributed by atoms with Gasteiger partial charge < -0.3 is 5.32 Å². The highest BCUT2D eigenvalue weighted by Gasteiger charge is 2.36. The fraction of sp³-hybridized carbons (Fsp3) is 0.333. The van der Waals surface area contributed by atoms with Gasteiger partial charge in [0.25, 0.3) is 5.91 Å². The Bertz CT molecular complexity index is 686. The van der Waals surface area contributed by atoms with Crippen LogP contribution in [0.15, 0.2) is 29.5 Å². The lowest BCUT2D eigenvalue weighted by Gasteiger charge is -2.21. The van der Waals surface area contributed by atoms with Crippen LogP contribution in [-0.4, -0.2) is 9.63 Å². The molecular formula is C15H13ClF3IN2O. The van der Waals surface area contributed by atoms with Gasteiger partial charge in [-0.3, -0.25) is 10.2 Å². The first-order valence-corrected chi connectivity index (χ1v) is 8.31. The Balaban J connectivity index is 2.40. The molecule has 0 atom stereocenters. The lowest BCUT2D eigenvalue weighted by atomic mass is 9.96. The molecule has 0 bridgehead atoms. The van der Waals surface area contributed by atoms with Crippen molar-refractivity contribution < 1.29 is 18.0 Å². The SMILES string of the molecule is N=C(I)C1=C(NC(=O)c2c(Cl)cccc2C(F)(F)F)CCCC1. The van der Waals surface area contributed by atoms with Crippen LogP contribution >= 0.6 is 34.2 Å². The van der Waals surface area contributed by atoms with Crippen molar-refractivity contribution in [2.45, 2.75) is 31.9 Å². The van der Waals surface area contributed by atoms with Gasteiger partial charge in [0.15, 0.2) is 0 Å². The summed E-state index contributed by atoms with van der Waals surface area (Å²) in [6.07, 6.45) is -1.81. The number of nitrogens with one attached hydrogen (secondary N) is 2. The van der Waals surface area contributed by atoms with Gasteiger partial charge in [-0.05, 0) is 60.4 Å². The highest BCUT2D eigenvalue weighted by molar-refractivity contribution is 14.1. The van der Waals surface area contributed by atoms with Gasteiger partial charge >= 0.3 is 6.18 Å². The summed E-state index contributed by atoms with van der Waals surface area (Å²) in [6.45, 7) is 0. The van der Waals surface area contributed by atoms with Gasteiger partial charge in [-0.1, -0.05) is 17.7 Å². The topological polar surface area (TPSA) is 53.0 Å². The molecule has 0 aromatic heterocycles. The number of alkyl halides is 3. The number of carbonyl (C=O) groups is 1.